The number of hydrogen-bond donors (Lipinski definition) is 0. The Labute approximate surface area is 235 Å². The van der Waals surface area contributed by atoms with Crippen LogP contribution in [0, 0.1) is 0 Å². The topological polar surface area (TPSA) is 0 Å². The van der Waals surface area contributed by atoms with Crippen LogP contribution >= 0.6 is 0 Å². The van der Waals surface area contributed by atoms with Gasteiger partial charge in [-0.1, -0.05) is 130 Å². The minimum Gasteiger partial charge on any atom is -1.00 e. The summed E-state index contributed by atoms with van der Waals surface area (Å²) in [6.45, 7) is 15.3. The van der Waals surface area contributed by atoms with Gasteiger partial charge in [0, 0.05) is 0 Å². The highest BCUT2D eigenvalue weighted by molar-refractivity contribution is 4.55. The maximum Gasteiger partial charge on any atom is 0.0786 e. The highest BCUT2D eigenvalue weighted by Crippen LogP contribution is 2.20. The average molecular weight is 594 g/mol. The van der Waals surface area contributed by atoms with Gasteiger partial charge in [0.15, 0.2) is 0 Å². The SMILES string of the molecule is CCCCCCCCC[N+](CCCCCCC)(CCCCCCC)CCCCCCCCC.[I-]. The molecule has 0 fully saturated rings. The zero-order valence-electron chi connectivity index (χ0n) is 24.6. The molecule has 0 aliphatic heterocycles. The second-order valence-corrected chi connectivity index (χ2v) is 11.3. The molecule has 0 heterocycles. The van der Waals surface area contributed by atoms with Crippen LogP contribution in [0.3, 0.4) is 0 Å². The molecule has 0 rings (SSSR count). The molecular weight excluding hydrogens is 525 g/mol. The minimum absolute atomic E-state index is 0. The Kier molecular flexibility index (Phi) is 32.4. The average Bonchev–Trinajstić information content (AvgIpc) is 2.82. The standard InChI is InChI=1S/C32H68N.HI/c1-5-9-13-17-19-23-27-31-33(29-25-21-15-11-7-3,30-26-22-16-12-8-4)32-28-24-20-18-14-10-6-2;/h5-32H2,1-4H3;1H/q+1;/p-1. The van der Waals surface area contributed by atoms with E-state index in [2.05, 4.69) is 27.7 Å². The Morgan fingerprint density at radius 2 is 0.441 bits per heavy atom. The lowest BCUT2D eigenvalue weighted by molar-refractivity contribution is -0.929. The van der Waals surface area contributed by atoms with E-state index >= 15 is 0 Å². The predicted molar refractivity (Wildman–Crippen MR) is 153 cm³/mol. The van der Waals surface area contributed by atoms with Crippen molar-refractivity contribution in [3.8, 4) is 0 Å². The van der Waals surface area contributed by atoms with Gasteiger partial charge >= 0.3 is 0 Å². The highest BCUT2D eigenvalue weighted by atomic mass is 127. The fourth-order valence-electron chi connectivity index (χ4n) is 5.58. The Bertz CT molecular complexity index is 323. The summed E-state index contributed by atoms with van der Waals surface area (Å²) in [6.07, 6.45) is 34.8. The van der Waals surface area contributed by atoms with Crippen molar-refractivity contribution < 1.29 is 28.5 Å². The van der Waals surface area contributed by atoms with E-state index in [1.54, 1.807) is 0 Å². The number of quaternary nitrogens is 1. The third kappa shape index (κ3) is 24.4. The van der Waals surface area contributed by atoms with Crippen LogP contribution in [0.4, 0.5) is 0 Å². The van der Waals surface area contributed by atoms with Crippen LogP contribution in [0.5, 0.6) is 0 Å². The van der Waals surface area contributed by atoms with E-state index in [1.165, 1.54) is 185 Å². The van der Waals surface area contributed by atoms with Crippen molar-refractivity contribution in [2.75, 3.05) is 26.2 Å². The first kappa shape index (κ1) is 36.8. The molecule has 0 aliphatic rings. The lowest BCUT2D eigenvalue weighted by Crippen LogP contribution is -3.00. The summed E-state index contributed by atoms with van der Waals surface area (Å²) in [5.74, 6) is 0. The summed E-state index contributed by atoms with van der Waals surface area (Å²) in [5.41, 5.74) is 0. The van der Waals surface area contributed by atoms with Crippen LogP contribution in [0.1, 0.15) is 182 Å². The van der Waals surface area contributed by atoms with Gasteiger partial charge in [-0.3, -0.25) is 0 Å². The van der Waals surface area contributed by atoms with E-state index in [0.29, 0.717) is 0 Å². The molecule has 2 heteroatoms. The van der Waals surface area contributed by atoms with Crippen molar-refractivity contribution in [3.63, 3.8) is 0 Å². The molecule has 0 N–H and O–H groups in total. The molecule has 0 spiro atoms. The van der Waals surface area contributed by atoms with E-state index in [-0.39, 0.29) is 24.0 Å². The quantitative estimate of drug-likeness (QED) is 0.0487. The molecule has 0 aromatic rings. The predicted octanol–water partition coefficient (Wildman–Crippen LogP) is 8.25. The summed E-state index contributed by atoms with van der Waals surface area (Å²) in [6, 6.07) is 0. The fraction of sp³-hybridized carbons (Fsp3) is 1.00. The first-order chi connectivity index (χ1) is 16.2. The molecule has 0 aromatic heterocycles. The molecule has 0 atom stereocenters. The van der Waals surface area contributed by atoms with Crippen LogP contribution in [0.15, 0.2) is 0 Å². The maximum absolute atomic E-state index is 2.34. The first-order valence-electron chi connectivity index (χ1n) is 16.1. The van der Waals surface area contributed by atoms with Crippen LogP contribution in [-0.2, 0) is 0 Å². The second kappa shape index (κ2) is 29.9. The summed E-state index contributed by atoms with van der Waals surface area (Å²) in [5, 5.41) is 0. The van der Waals surface area contributed by atoms with E-state index in [9.17, 15) is 0 Å². The van der Waals surface area contributed by atoms with Crippen molar-refractivity contribution in [3.05, 3.63) is 0 Å². The molecule has 0 aliphatic carbocycles. The first-order valence-corrected chi connectivity index (χ1v) is 16.1. The van der Waals surface area contributed by atoms with Gasteiger partial charge in [-0.15, -0.1) is 0 Å². The molecule has 0 saturated heterocycles. The van der Waals surface area contributed by atoms with Gasteiger partial charge in [0.2, 0.25) is 0 Å². The summed E-state index contributed by atoms with van der Waals surface area (Å²) < 4.78 is 1.47. The minimum atomic E-state index is 0. The lowest BCUT2D eigenvalue weighted by Gasteiger charge is -2.40. The van der Waals surface area contributed by atoms with Gasteiger partial charge in [-0.2, -0.15) is 0 Å². The molecule has 0 bridgehead atoms. The molecule has 0 radical (unpaired) electrons. The van der Waals surface area contributed by atoms with Gasteiger partial charge in [0.1, 0.15) is 0 Å². The smallest absolute Gasteiger partial charge is 0.0786 e. The maximum atomic E-state index is 2.34. The highest BCUT2D eigenvalue weighted by Gasteiger charge is 2.25. The number of hydrogen-bond acceptors (Lipinski definition) is 0. The molecule has 1 nitrogen and oxygen atoms in total. The summed E-state index contributed by atoms with van der Waals surface area (Å²) in [4.78, 5) is 0. The number of halogens is 1. The van der Waals surface area contributed by atoms with Crippen LogP contribution in [0.25, 0.3) is 0 Å². The zero-order valence-corrected chi connectivity index (χ0v) is 26.8. The Morgan fingerprint density at radius 3 is 0.647 bits per heavy atom. The molecule has 0 unspecified atom stereocenters. The lowest BCUT2D eigenvalue weighted by atomic mass is 10.0. The van der Waals surface area contributed by atoms with Gasteiger partial charge in [-0.05, 0) is 51.4 Å². The van der Waals surface area contributed by atoms with Gasteiger partial charge in [-0.25, -0.2) is 0 Å². The Balaban J connectivity index is 0. The largest absolute Gasteiger partial charge is 1.00 e. The van der Waals surface area contributed by atoms with Gasteiger partial charge < -0.3 is 28.5 Å². The second-order valence-electron chi connectivity index (χ2n) is 11.3. The van der Waals surface area contributed by atoms with Crippen molar-refractivity contribution in [2.45, 2.75) is 182 Å². The number of nitrogens with zero attached hydrogens (tertiary/aromatic N) is 1. The van der Waals surface area contributed by atoms with Crippen LogP contribution in [-0.4, -0.2) is 30.7 Å². The molecule has 0 amide bonds. The van der Waals surface area contributed by atoms with E-state index < -0.39 is 0 Å². The molecular formula is C32H68IN. The van der Waals surface area contributed by atoms with Crippen molar-refractivity contribution in [1.29, 1.82) is 0 Å². The van der Waals surface area contributed by atoms with Crippen LogP contribution in [0.2, 0.25) is 0 Å². The third-order valence-electron chi connectivity index (χ3n) is 7.94. The Morgan fingerprint density at radius 1 is 0.265 bits per heavy atom. The van der Waals surface area contributed by atoms with Crippen molar-refractivity contribution >= 4 is 0 Å². The Hall–Kier alpha value is 0.690. The summed E-state index contributed by atoms with van der Waals surface area (Å²) >= 11 is 0. The van der Waals surface area contributed by atoms with Crippen molar-refractivity contribution in [1.82, 2.24) is 0 Å². The van der Waals surface area contributed by atoms with Gasteiger partial charge in [0.25, 0.3) is 0 Å². The van der Waals surface area contributed by atoms with Crippen molar-refractivity contribution in [2.24, 2.45) is 0 Å². The molecule has 0 aromatic carbocycles. The molecule has 34 heavy (non-hydrogen) atoms. The van der Waals surface area contributed by atoms with Gasteiger partial charge in [0.05, 0.1) is 26.2 Å². The third-order valence-corrected chi connectivity index (χ3v) is 7.94. The van der Waals surface area contributed by atoms with E-state index in [1.807, 2.05) is 0 Å². The van der Waals surface area contributed by atoms with E-state index in [4.69, 9.17) is 0 Å². The molecule has 0 saturated carbocycles. The summed E-state index contributed by atoms with van der Waals surface area (Å²) in [7, 11) is 0. The van der Waals surface area contributed by atoms with E-state index in [0.717, 1.165) is 0 Å². The fourth-order valence-corrected chi connectivity index (χ4v) is 5.58. The van der Waals surface area contributed by atoms with Crippen LogP contribution < -0.4 is 24.0 Å². The number of unbranched alkanes of at least 4 members (excludes halogenated alkanes) is 20. The molecule has 208 valence electrons. The normalized spacial score (nSPS) is 11.6. The number of rotatable bonds is 28. The zero-order chi connectivity index (χ0) is 24.3. The monoisotopic (exact) mass is 593 g/mol.